The minimum atomic E-state index is -3.22. The van der Waals surface area contributed by atoms with E-state index >= 15 is 0 Å². The van der Waals surface area contributed by atoms with Crippen LogP contribution in [0.1, 0.15) is 22.3 Å². The van der Waals surface area contributed by atoms with Gasteiger partial charge in [0.15, 0.2) is 0 Å². The Balaban J connectivity index is 2.28. The van der Waals surface area contributed by atoms with Crippen molar-refractivity contribution in [2.24, 2.45) is 0 Å². The van der Waals surface area contributed by atoms with Crippen molar-refractivity contribution in [1.29, 1.82) is 0 Å². The summed E-state index contributed by atoms with van der Waals surface area (Å²) in [4.78, 5) is 0. The Morgan fingerprint density at radius 1 is 0.345 bits per heavy atom. The quantitative estimate of drug-likeness (QED) is 0.427. The fourth-order valence-electron chi connectivity index (χ4n) is 4.85. The molecule has 0 amide bonds. The number of hydrogen-bond acceptors (Lipinski definition) is 0. The molecular weight excluding hydrogens is 384 g/mol. The Morgan fingerprint density at radius 3 is 0.759 bits per heavy atom. The monoisotopic (exact) mass is 412 g/mol. The SMILES string of the molecule is Cc1cccc[c]1[Ti]([c]1ccccc1C)([c]1ccccc1C)[c]1ccccc1C. The fraction of sp³-hybridized carbons (Fsp3) is 0.143. The van der Waals surface area contributed by atoms with Crippen LogP contribution in [0.15, 0.2) is 97.1 Å². The van der Waals surface area contributed by atoms with Crippen LogP contribution < -0.4 is 15.5 Å². The predicted molar refractivity (Wildman–Crippen MR) is 123 cm³/mol. The molecule has 0 N–H and O–H groups in total. The summed E-state index contributed by atoms with van der Waals surface area (Å²) in [7, 11) is 0. The van der Waals surface area contributed by atoms with Crippen molar-refractivity contribution in [2.75, 3.05) is 0 Å². The van der Waals surface area contributed by atoms with Gasteiger partial charge in [-0.15, -0.1) is 0 Å². The van der Waals surface area contributed by atoms with Crippen LogP contribution in [0, 0.1) is 27.7 Å². The van der Waals surface area contributed by atoms with Crippen molar-refractivity contribution in [3.63, 3.8) is 0 Å². The van der Waals surface area contributed by atoms with E-state index in [4.69, 9.17) is 0 Å². The molecule has 0 atom stereocenters. The van der Waals surface area contributed by atoms with E-state index in [9.17, 15) is 0 Å². The second-order valence-electron chi connectivity index (χ2n) is 8.01. The van der Waals surface area contributed by atoms with E-state index in [-0.39, 0.29) is 0 Å². The van der Waals surface area contributed by atoms with Gasteiger partial charge in [-0.25, -0.2) is 0 Å². The van der Waals surface area contributed by atoms with Gasteiger partial charge >= 0.3 is 179 Å². The Hall–Kier alpha value is -2.41. The molecule has 0 aliphatic carbocycles. The van der Waals surface area contributed by atoms with Gasteiger partial charge < -0.3 is 0 Å². The third-order valence-electron chi connectivity index (χ3n) is 6.20. The van der Waals surface area contributed by atoms with E-state index in [0.29, 0.717) is 0 Å². The first-order valence-corrected chi connectivity index (χ1v) is 13.4. The molecule has 0 saturated heterocycles. The van der Waals surface area contributed by atoms with Crippen molar-refractivity contribution in [1.82, 2.24) is 0 Å². The number of hydrogen-bond donors (Lipinski definition) is 0. The summed E-state index contributed by atoms with van der Waals surface area (Å²) in [5, 5.41) is 0. The first-order valence-electron chi connectivity index (χ1n) is 10.3. The van der Waals surface area contributed by atoms with E-state index in [1.165, 1.54) is 37.7 Å². The predicted octanol–water partition coefficient (Wildman–Crippen LogP) is 4.68. The Kier molecular flexibility index (Phi) is 5.59. The summed E-state index contributed by atoms with van der Waals surface area (Å²) in [5.74, 6) is 0. The molecule has 1 heteroatoms. The van der Waals surface area contributed by atoms with Crippen LogP contribution >= 0.6 is 0 Å². The van der Waals surface area contributed by atoms with Gasteiger partial charge in [0.1, 0.15) is 0 Å². The van der Waals surface area contributed by atoms with Gasteiger partial charge in [0.2, 0.25) is 0 Å². The molecule has 0 saturated carbocycles. The Labute approximate surface area is 178 Å². The number of benzene rings is 4. The van der Waals surface area contributed by atoms with Crippen LogP contribution in [0.5, 0.6) is 0 Å². The zero-order valence-corrected chi connectivity index (χ0v) is 19.3. The molecule has 29 heavy (non-hydrogen) atoms. The Bertz CT molecular complexity index is 969. The summed E-state index contributed by atoms with van der Waals surface area (Å²) >= 11 is -3.22. The van der Waals surface area contributed by atoms with Gasteiger partial charge in [0.05, 0.1) is 0 Å². The molecule has 0 spiro atoms. The molecule has 0 nitrogen and oxygen atoms in total. The average Bonchev–Trinajstić information content (AvgIpc) is 2.73. The van der Waals surface area contributed by atoms with E-state index in [1.54, 1.807) is 0 Å². The third kappa shape index (κ3) is 3.31. The molecule has 0 fully saturated rings. The van der Waals surface area contributed by atoms with Crippen molar-refractivity contribution in [3.05, 3.63) is 119 Å². The molecular formula is C28H28Ti. The van der Waals surface area contributed by atoms with Gasteiger partial charge in [-0.2, -0.15) is 0 Å². The molecule has 0 aromatic heterocycles. The summed E-state index contributed by atoms with van der Waals surface area (Å²) in [5.41, 5.74) is 5.56. The van der Waals surface area contributed by atoms with Gasteiger partial charge in [-0.3, -0.25) is 0 Å². The van der Waals surface area contributed by atoms with Crippen molar-refractivity contribution in [2.45, 2.75) is 27.7 Å². The van der Waals surface area contributed by atoms with Crippen LogP contribution in [0.2, 0.25) is 0 Å². The average molecular weight is 412 g/mol. The van der Waals surface area contributed by atoms with Crippen LogP contribution in [0.25, 0.3) is 0 Å². The zero-order valence-electron chi connectivity index (χ0n) is 17.7. The second-order valence-corrected chi connectivity index (χ2v) is 13.7. The molecule has 0 aliphatic rings. The zero-order chi connectivity index (χ0) is 20.4. The normalized spacial score (nSPS) is 11.4. The van der Waals surface area contributed by atoms with Gasteiger partial charge in [-0.1, -0.05) is 0 Å². The maximum atomic E-state index is 2.39. The molecule has 0 heterocycles. The van der Waals surface area contributed by atoms with Gasteiger partial charge in [0, 0.05) is 0 Å². The van der Waals surface area contributed by atoms with Crippen LogP contribution in [0.4, 0.5) is 0 Å². The minimum absolute atomic E-state index is 1.39. The standard InChI is InChI=1S/4C7H7.Ti/c4*1-7-5-3-2-4-6-7;/h4*2-5H,1H3;. The molecule has 144 valence electrons. The van der Waals surface area contributed by atoms with Crippen molar-refractivity contribution < 1.29 is 16.6 Å². The molecule has 4 rings (SSSR count). The van der Waals surface area contributed by atoms with Gasteiger partial charge in [0.25, 0.3) is 0 Å². The Morgan fingerprint density at radius 2 is 0.552 bits per heavy atom. The van der Waals surface area contributed by atoms with E-state index in [2.05, 4.69) is 125 Å². The molecule has 4 aromatic carbocycles. The van der Waals surface area contributed by atoms with Gasteiger partial charge in [-0.05, 0) is 0 Å². The topological polar surface area (TPSA) is 0 Å². The molecule has 0 radical (unpaired) electrons. The summed E-state index contributed by atoms with van der Waals surface area (Å²) < 4.78 is 6.13. The second kappa shape index (κ2) is 8.15. The summed E-state index contributed by atoms with van der Waals surface area (Å²) in [6.07, 6.45) is 0. The van der Waals surface area contributed by atoms with Crippen LogP contribution in [-0.4, -0.2) is 0 Å². The number of rotatable bonds is 4. The third-order valence-corrected chi connectivity index (χ3v) is 14.7. The first kappa shape index (κ1) is 19.9. The molecule has 0 aliphatic heterocycles. The molecule has 4 aromatic rings. The van der Waals surface area contributed by atoms with Crippen molar-refractivity contribution >= 4 is 15.5 Å². The first-order chi connectivity index (χ1) is 14.1. The molecule has 0 unspecified atom stereocenters. The summed E-state index contributed by atoms with van der Waals surface area (Å²) in [6.45, 7) is 9.13. The van der Waals surface area contributed by atoms with E-state index in [0.717, 1.165) is 0 Å². The summed E-state index contributed by atoms with van der Waals surface area (Å²) in [6, 6.07) is 36.2. The molecule has 0 bridgehead atoms. The maximum absolute atomic E-state index is 3.22. The van der Waals surface area contributed by atoms with Crippen LogP contribution in [-0.2, 0) is 16.6 Å². The fourth-order valence-corrected chi connectivity index (χ4v) is 13.9. The van der Waals surface area contributed by atoms with E-state index in [1.807, 2.05) is 0 Å². The van der Waals surface area contributed by atoms with Crippen molar-refractivity contribution in [3.8, 4) is 0 Å². The number of aryl methyl sites for hydroxylation is 4. The van der Waals surface area contributed by atoms with E-state index < -0.39 is 16.6 Å². The van der Waals surface area contributed by atoms with Crippen LogP contribution in [0.3, 0.4) is 0 Å².